The minimum absolute atomic E-state index is 0.0975. The lowest BCUT2D eigenvalue weighted by Crippen LogP contribution is -2.39. The molecular weight excluding hydrogens is 347 g/mol. The minimum atomic E-state index is -4.49. The summed E-state index contributed by atoms with van der Waals surface area (Å²) >= 11 is 5.86. The number of carboxylic acid groups (broad SMARTS) is 1. The van der Waals surface area contributed by atoms with Gasteiger partial charge in [-0.05, 0) is 42.7 Å². The summed E-state index contributed by atoms with van der Waals surface area (Å²) < 4.78 is 38.1. The molecular formula is C16H15ClF3NO3. The molecule has 1 saturated heterocycles. The van der Waals surface area contributed by atoms with Crippen LogP contribution in [0, 0.1) is 5.92 Å². The zero-order valence-electron chi connectivity index (χ0n) is 12.5. The quantitative estimate of drug-likeness (QED) is 0.835. The molecule has 0 unspecified atom stereocenters. The molecule has 1 N–H and O–H groups in total. The normalized spacial score (nSPS) is 16.6. The Labute approximate surface area is 141 Å². The molecule has 0 spiro atoms. The zero-order chi connectivity index (χ0) is 17.9. The maximum atomic E-state index is 12.7. The first-order valence-corrected chi connectivity index (χ1v) is 7.63. The highest BCUT2D eigenvalue weighted by Crippen LogP contribution is 2.32. The largest absolute Gasteiger partial charge is 0.481 e. The average molecular weight is 362 g/mol. The second kappa shape index (κ2) is 7.25. The van der Waals surface area contributed by atoms with Crippen LogP contribution in [0.2, 0.25) is 5.02 Å². The topological polar surface area (TPSA) is 57.6 Å². The molecule has 130 valence electrons. The summed E-state index contributed by atoms with van der Waals surface area (Å²) in [5.74, 6) is -1.73. The zero-order valence-corrected chi connectivity index (χ0v) is 13.3. The van der Waals surface area contributed by atoms with Gasteiger partial charge in [-0.2, -0.15) is 13.2 Å². The van der Waals surface area contributed by atoms with Gasteiger partial charge in [-0.15, -0.1) is 0 Å². The predicted octanol–water partition coefficient (Wildman–Crippen LogP) is 3.70. The molecule has 2 rings (SSSR count). The first-order valence-electron chi connectivity index (χ1n) is 7.25. The van der Waals surface area contributed by atoms with E-state index in [4.69, 9.17) is 16.7 Å². The van der Waals surface area contributed by atoms with Gasteiger partial charge >= 0.3 is 12.1 Å². The Morgan fingerprint density at radius 1 is 1.25 bits per heavy atom. The predicted molar refractivity (Wildman–Crippen MR) is 82.4 cm³/mol. The Morgan fingerprint density at radius 3 is 2.42 bits per heavy atom. The second-order valence-corrected chi connectivity index (χ2v) is 5.91. The van der Waals surface area contributed by atoms with E-state index < -0.39 is 23.6 Å². The van der Waals surface area contributed by atoms with Crippen molar-refractivity contribution < 1.29 is 27.9 Å². The number of hydrogen-bond donors (Lipinski definition) is 1. The number of carbonyl (C=O) groups excluding carboxylic acids is 1. The summed E-state index contributed by atoms with van der Waals surface area (Å²) in [5.41, 5.74) is -0.749. The lowest BCUT2D eigenvalue weighted by Gasteiger charge is -2.29. The smallest absolute Gasteiger partial charge is 0.416 e. The first-order chi connectivity index (χ1) is 11.2. The summed E-state index contributed by atoms with van der Waals surface area (Å²) in [5, 5.41) is 9.02. The summed E-state index contributed by atoms with van der Waals surface area (Å²) in [4.78, 5) is 24.4. The van der Waals surface area contributed by atoms with Gasteiger partial charge in [0.15, 0.2) is 0 Å². The fourth-order valence-electron chi connectivity index (χ4n) is 2.46. The molecule has 1 fully saturated rings. The number of alkyl halides is 3. The van der Waals surface area contributed by atoms with Gasteiger partial charge in [-0.3, -0.25) is 9.59 Å². The van der Waals surface area contributed by atoms with Gasteiger partial charge in [0, 0.05) is 24.2 Å². The van der Waals surface area contributed by atoms with Gasteiger partial charge in [0.1, 0.15) is 0 Å². The van der Waals surface area contributed by atoms with Crippen LogP contribution in [0.4, 0.5) is 13.2 Å². The molecule has 0 aliphatic carbocycles. The highest BCUT2D eigenvalue weighted by Gasteiger charge is 2.30. The van der Waals surface area contributed by atoms with E-state index in [1.165, 1.54) is 11.0 Å². The molecule has 0 saturated carbocycles. The molecule has 1 aliphatic heterocycles. The standard InChI is InChI=1S/C16H15ClF3NO3/c17-13-3-2-12(16(18,19)20)9-11(13)1-4-14(22)21-7-5-10(6-8-21)15(23)24/h1-4,9-10H,5-8H2,(H,23,24)/b4-1+. The summed E-state index contributed by atoms with van der Waals surface area (Å²) in [6.45, 7) is 0.604. The van der Waals surface area contributed by atoms with E-state index in [2.05, 4.69) is 0 Å². The molecule has 1 aromatic carbocycles. The number of benzene rings is 1. The van der Waals surface area contributed by atoms with Gasteiger partial charge < -0.3 is 10.0 Å². The number of halogens is 4. The third kappa shape index (κ3) is 4.50. The Hall–Kier alpha value is -2.02. The monoisotopic (exact) mass is 361 g/mol. The fraction of sp³-hybridized carbons (Fsp3) is 0.375. The van der Waals surface area contributed by atoms with Gasteiger partial charge in [-0.1, -0.05) is 11.6 Å². The maximum absolute atomic E-state index is 12.7. The lowest BCUT2D eigenvalue weighted by atomic mass is 9.97. The minimum Gasteiger partial charge on any atom is -0.481 e. The first kappa shape index (κ1) is 18.3. The average Bonchev–Trinajstić information content (AvgIpc) is 2.52. The Bertz CT molecular complexity index is 665. The van der Waals surface area contributed by atoms with E-state index in [1.54, 1.807) is 0 Å². The molecule has 0 aromatic heterocycles. The van der Waals surface area contributed by atoms with Crippen molar-refractivity contribution in [1.82, 2.24) is 4.90 Å². The SMILES string of the molecule is O=C(O)C1CCN(C(=O)/C=C/c2cc(C(F)(F)F)ccc2Cl)CC1. The number of carbonyl (C=O) groups is 2. The van der Waals surface area contributed by atoms with E-state index in [-0.39, 0.29) is 16.5 Å². The van der Waals surface area contributed by atoms with Crippen LogP contribution in [0.5, 0.6) is 0 Å². The fourth-order valence-corrected chi connectivity index (χ4v) is 2.64. The van der Waals surface area contributed by atoms with Crippen molar-refractivity contribution in [2.45, 2.75) is 19.0 Å². The van der Waals surface area contributed by atoms with E-state index in [0.717, 1.165) is 24.3 Å². The van der Waals surface area contributed by atoms with Gasteiger partial charge in [0.2, 0.25) is 5.91 Å². The van der Waals surface area contributed by atoms with Crippen molar-refractivity contribution in [3.05, 3.63) is 40.4 Å². The lowest BCUT2D eigenvalue weighted by molar-refractivity contribution is -0.144. The van der Waals surface area contributed by atoms with Crippen molar-refractivity contribution in [3.63, 3.8) is 0 Å². The molecule has 4 nitrogen and oxygen atoms in total. The number of hydrogen-bond acceptors (Lipinski definition) is 2. The molecule has 1 aliphatic rings. The van der Waals surface area contributed by atoms with Crippen LogP contribution < -0.4 is 0 Å². The molecule has 0 bridgehead atoms. The van der Waals surface area contributed by atoms with Crippen LogP contribution in [0.1, 0.15) is 24.0 Å². The van der Waals surface area contributed by atoms with Crippen LogP contribution in [-0.4, -0.2) is 35.0 Å². The van der Waals surface area contributed by atoms with E-state index in [9.17, 15) is 22.8 Å². The highest BCUT2D eigenvalue weighted by molar-refractivity contribution is 6.32. The van der Waals surface area contributed by atoms with Crippen LogP contribution in [-0.2, 0) is 15.8 Å². The third-order valence-electron chi connectivity index (χ3n) is 3.88. The Balaban J connectivity index is 2.06. The number of carboxylic acids is 1. The van der Waals surface area contributed by atoms with Crippen molar-refractivity contribution >= 4 is 29.6 Å². The molecule has 0 radical (unpaired) electrons. The molecule has 1 heterocycles. The number of amides is 1. The van der Waals surface area contributed by atoms with Crippen molar-refractivity contribution in [1.29, 1.82) is 0 Å². The Kier molecular flexibility index (Phi) is 5.54. The summed E-state index contributed by atoms with van der Waals surface area (Å²) in [7, 11) is 0. The second-order valence-electron chi connectivity index (χ2n) is 5.51. The van der Waals surface area contributed by atoms with E-state index in [1.807, 2.05) is 0 Å². The highest BCUT2D eigenvalue weighted by atomic mass is 35.5. The summed E-state index contributed by atoms with van der Waals surface area (Å²) in [6, 6.07) is 2.88. The number of rotatable bonds is 3. The summed E-state index contributed by atoms with van der Waals surface area (Å²) in [6.07, 6.45) is -1.37. The van der Waals surface area contributed by atoms with Gasteiger partial charge in [0.25, 0.3) is 0 Å². The number of likely N-dealkylation sites (tertiary alicyclic amines) is 1. The van der Waals surface area contributed by atoms with Crippen LogP contribution in [0.15, 0.2) is 24.3 Å². The van der Waals surface area contributed by atoms with Crippen LogP contribution in [0.3, 0.4) is 0 Å². The maximum Gasteiger partial charge on any atom is 0.416 e. The molecule has 0 atom stereocenters. The van der Waals surface area contributed by atoms with Gasteiger partial charge in [-0.25, -0.2) is 0 Å². The van der Waals surface area contributed by atoms with Crippen molar-refractivity contribution in [2.24, 2.45) is 5.92 Å². The van der Waals surface area contributed by atoms with Gasteiger partial charge in [0.05, 0.1) is 11.5 Å². The van der Waals surface area contributed by atoms with Crippen LogP contribution in [0.25, 0.3) is 6.08 Å². The molecule has 8 heteroatoms. The van der Waals surface area contributed by atoms with Crippen molar-refractivity contribution in [2.75, 3.05) is 13.1 Å². The van der Waals surface area contributed by atoms with E-state index in [0.29, 0.717) is 25.9 Å². The number of nitrogens with zero attached hydrogens (tertiary/aromatic N) is 1. The Morgan fingerprint density at radius 2 is 1.88 bits per heavy atom. The number of aliphatic carboxylic acids is 1. The molecule has 1 amide bonds. The van der Waals surface area contributed by atoms with E-state index >= 15 is 0 Å². The van der Waals surface area contributed by atoms with Crippen molar-refractivity contribution in [3.8, 4) is 0 Å². The van der Waals surface area contributed by atoms with Crippen LogP contribution >= 0.6 is 11.6 Å². The molecule has 1 aromatic rings. The number of piperidine rings is 1. The third-order valence-corrected chi connectivity index (χ3v) is 4.23. The molecule has 24 heavy (non-hydrogen) atoms.